The lowest BCUT2D eigenvalue weighted by atomic mass is 10.1. The minimum atomic E-state index is -0.949. The predicted molar refractivity (Wildman–Crippen MR) is 105 cm³/mol. The summed E-state index contributed by atoms with van der Waals surface area (Å²) in [6.45, 7) is 0. The zero-order chi connectivity index (χ0) is 19.9. The highest BCUT2D eigenvalue weighted by molar-refractivity contribution is 7.13. The summed E-state index contributed by atoms with van der Waals surface area (Å²) in [5, 5.41) is 16.2. The Morgan fingerprint density at radius 1 is 1.21 bits per heavy atom. The number of thiazole rings is 1. The van der Waals surface area contributed by atoms with E-state index in [0.29, 0.717) is 28.5 Å². The minimum absolute atomic E-state index is 0.181. The number of carbonyl (C=O) groups excluding carboxylic acids is 3. The molecule has 3 amide bonds. The van der Waals surface area contributed by atoms with Crippen molar-refractivity contribution in [2.24, 2.45) is 10.9 Å². The fourth-order valence-corrected chi connectivity index (χ4v) is 3.14. The first-order valence-corrected chi connectivity index (χ1v) is 9.23. The maximum atomic E-state index is 12.1. The highest BCUT2D eigenvalue weighted by Gasteiger charge is 2.25. The lowest BCUT2D eigenvalue weighted by Gasteiger charge is -2.09. The molecule has 1 aromatic heterocycles. The van der Waals surface area contributed by atoms with E-state index in [9.17, 15) is 14.4 Å². The average Bonchev–Trinajstić information content (AvgIpc) is 3.14. The van der Waals surface area contributed by atoms with Gasteiger partial charge in [-0.3, -0.25) is 14.4 Å². The summed E-state index contributed by atoms with van der Waals surface area (Å²) in [4.78, 5) is 43.6. The Labute approximate surface area is 164 Å². The maximum Gasteiger partial charge on any atom is 0.262 e. The van der Waals surface area contributed by atoms with Gasteiger partial charge in [-0.25, -0.2) is 9.98 Å². The van der Waals surface area contributed by atoms with Gasteiger partial charge in [0.1, 0.15) is 5.92 Å². The number of nitrogens with one attached hydrogen (secondary N) is 2. The number of nitrogens with zero attached hydrogens (tertiary/aromatic N) is 3. The zero-order valence-electron chi connectivity index (χ0n) is 14.6. The van der Waals surface area contributed by atoms with Crippen molar-refractivity contribution in [1.29, 1.82) is 5.26 Å². The molecule has 1 aromatic carbocycles. The van der Waals surface area contributed by atoms with Crippen LogP contribution in [0.15, 0.2) is 46.8 Å². The molecule has 28 heavy (non-hydrogen) atoms. The number of aromatic nitrogens is 1. The Hall–Kier alpha value is -3.64. The van der Waals surface area contributed by atoms with Crippen molar-refractivity contribution in [1.82, 2.24) is 4.98 Å². The standard InChI is InChI=1S/C19H15N5O3S/c20-10-12-3-5-13(6-4-12)22-16(25)8-7-14-11-28-19(23-14)24-18(27)15-2-1-9-21-17(15)26/h1-6,9,11,15H,7-8H2,(H,22,25)(H,23,24,27). The molecule has 1 unspecified atom stereocenters. The number of rotatable bonds is 6. The number of dihydropyridines is 1. The first-order valence-electron chi connectivity index (χ1n) is 8.35. The number of anilines is 2. The number of hydrogen-bond donors (Lipinski definition) is 2. The van der Waals surface area contributed by atoms with Crippen LogP contribution in [0.4, 0.5) is 10.8 Å². The molecule has 2 aromatic rings. The molecule has 0 bridgehead atoms. The first kappa shape index (κ1) is 19.1. The molecule has 0 aliphatic carbocycles. The van der Waals surface area contributed by atoms with Gasteiger partial charge in [0, 0.05) is 23.7 Å². The highest BCUT2D eigenvalue weighted by Crippen LogP contribution is 2.19. The lowest BCUT2D eigenvalue weighted by Crippen LogP contribution is -2.28. The Morgan fingerprint density at radius 3 is 2.71 bits per heavy atom. The van der Waals surface area contributed by atoms with Crippen molar-refractivity contribution in [2.75, 3.05) is 10.6 Å². The van der Waals surface area contributed by atoms with Crippen LogP contribution >= 0.6 is 11.3 Å². The van der Waals surface area contributed by atoms with Crippen LogP contribution in [0.5, 0.6) is 0 Å². The van der Waals surface area contributed by atoms with Gasteiger partial charge in [-0.15, -0.1) is 11.3 Å². The van der Waals surface area contributed by atoms with E-state index in [2.05, 4.69) is 20.6 Å². The van der Waals surface area contributed by atoms with E-state index < -0.39 is 17.7 Å². The lowest BCUT2D eigenvalue weighted by molar-refractivity contribution is -0.128. The van der Waals surface area contributed by atoms with E-state index in [1.165, 1.54) is 23.6 Å². The Balaban J connectivity index is 1.49. The van der Waals surface area contributed by atoms with Crippen LogP contribution in [-0.2, 0) is 20.8 Å². The van der Waals surface area contributed by atoms with Crippen molar-refractivity contribution in [3.05, 3.63) is 53.1 Å². The van der Waals surface area contributed by atoms with Gasteiger partial charge in [-0.1, -0.05) is 6.08 Å². The summed E-state index contributed by atoms with van der Waals surface area (Å²) in [5.74, 6) is -2.14. The van der Waals surface area contributed by atoms with Crippen molar-refractivity contribution in [3.8, 4) is 6.07 Å². The van der Waals surface area contributed by atoms with Crippen LogP contribution in [0.25, 0.3) is 0 Å². The van der Waals surface area contributed by atoms with Gasteiger partial charge in [0.15, 0.2) is 5.13 Å². The third-order valence-corrected chi connectivity index (χ3v) is 4.63. The number of nitriles is 1. The van der Waals surface area contributed by atoms with Gasteiger partial charge >= 0.3 is 0 Å². The number of aryl methyl sites for hydroxylation is 1. The van der Waals surface area contributed by atoms with Crippen LogP contribution in [0, 0.1) is 17.2 Å². The molecule has 1 aliphatic rings. The first-order chi connectivity index (χ1) is 13.5. The van der Waals surface area contributed by atoms with E-state index >= 15 is 0 Å². The molecule has 9 heteroatoms. The second-order valence-electron chi connectivity index (χ2n) is 5.85. The van der Waals surface area contributed by atoms with Crippen LogP contribution < -0.4 is 10.6 Å². The molecule has 0 saturated heterocycles. The van der Waals surface area contributed by atoms with Gasteiger partial charge in [0.2, 0.25) is 11.8 Å². The van der Waals surface area contributed by atoms with Crippen molar-refractivity contribution in [3.63, 3.8) is 0 Å². The molecule has 8 nitrogen and oxygen atoms in total. The molecule has 1 aliphatic heterocycles. The van der Waals surface area contributed by atoms with E-state index in [-0.39, 0.29) is 12.3 Å². The zero-order valence-corrected chi connectivity index (χ0v) is 15.4. The Kier molecular flexibility index (Phi) is 6.04. The number of carbonyl (C=O) groups is 3. The molecule has 0 saturated carbocycles. The van der Waals surface area contributed by atoms with E-state index in [1.54, 1.807) is 35.7 Å². The third-order valence-electron chi connectivity index (χ3n) is 3.83. The van der Waals surface area contributed by atoms with Crippen LogP contribution in [-0.4, -0.2) is 28.9 Å². The minimum Gasteiger partial charge on any atom is -0.326 e. The smallest absolute Gasteiger partial charge is 0.262 e. The molecule has 0 spiro atoms. The third kappa shape index (κ3) is 4.96. The SMILES string of the molecule is N#Cc1ccc(NC(=O)CCc2csc(NC(=O)C3C=CC=NC3=O)n2)cc1. The molecule has 2 N–H and O–H groups in total. The fourth-order valence-electron chi connectivity index (χ4n) is 2.39. The van der Waals surface area contributed by atoms with Crippen LogP contribution in [0.1, 0.15) is 17.7 Å². The number of aliphatic imine (C=N–C) groups is 1. The summed E-state index contributed by atoms with van der Waals surface area (Å²) < 4.78 is 0. The number of benzene rings is 1. The Bertz CT molecular complexity index is 1000. The van der Waals surface area contributed by atoms with E-state index in [0.717, 1.165) is 0 Å². The van der Waals surface area contributed by atoms with Gasteiger partial charge < -0.3 is 10.6 Å². The van der Waals surface area contributed by atoms with Gasteiger partial charge in [-0.2, -0.15) is 5.26 Å². The molecule has 0 fully saturated rings. The summed E-state index contributed by atoms with van der Waals surface area (Å²) in [6, 6.07) is 8.60. The second-order valence-corrected chi connectivity index (χ2v) is 6.71. The molecule has 3 rings (SSSR count). The van der Waals surface area contributed by atoms with Crippen LogP contribution in [0.3, 0.4) is 0 Å². The van der Waals surface area contributed by atoms with E-state index in [1.807, 2.05) is 6.07 Å². The quantitative estimate of drug-likeness (QED) is 0.729. The van der Waals surface area contributed by atoms with Crippen LogP contribution in [0.2, 0.25) is 0 Å². The molecular formula is C19H15N5O3S. The van der Waals surface area contributed by atoms with Gasteiger partial charge in [-0.05, 0) is 36.8 Å². The molecular weight excluding hydrogens is 378 g/mol. The molecule has 2 heterocycles. The summed E-state index contributed by atoms with van der Waals surface area (Å²) in [5.41, 5.74) is 1.80. The number of amides is 3. The number of allylic oxidation sites excluding steroid dienone is 1. The molecule has 140 valence electrons. The normalized spacial score (nSPS) is 15.1. The van der Waals surface area contributed by atoms with Crippen molar-refractivity contribution >= 4 is 46.1 Å². The predicted octanol–water partition coefficient (Wildman–Crippen LogP) is 2.31. The van der Waals surface area contributed by atoms with Gasteiger partial charge in [0.25, 0.3) is 5.91 Å². The molecule has 0 radical (unpaired) electrons. The largest absolute Gasteiger partial charge is 0.326 e. The second kappa shape index (κ2) is 8.83. The fraction of sp³-hybridized carbons (Fsp3) is 0.158. The number of hydrogen-bond acceptors (Lipinski definition) is 6. The molecule has 1 atom stereocenters. The summed E-state index contributed by atoms with van der Waals surface area (Å²) in [7, 11) is 0. The van der Waals surface area contributed by atoms with Crippen molar-refractivity contribution < 1.29 is 14.4 Å². The van der Waals surface area contributed by atoms with Gasteiger partial charge in [0.05, 0.1) is 17.3 Å². The maximum absolute atomic E-state index is 12.1. The van der Waals surface area contributed by atoms with Crippen molar-refractivity contribution in [2.45, 2.75) is 12.8 Å². The van der Waals surface area contributed by atoms with E-state index in [4.69, 9.17) is 5.26 Å². The Morgan fingerprint density at radius 2 is 2.00 bits per heavy atom. The monoisotopic (exact) mass is 393 g/mol. The topological polar surface area (TPSA) is 124 Å². The average molecular weight is 393 g/mol. The summed E-state index contributed by atoms with van der Waals surface area (Å²) >= 11 is 1.22. The summed E-state index contributed by atoms with van der Waals surface area (Å²) in [6.07, 6.45) is 4.99. The highest BCUT2D eigenvalue weighted by atomic mass is 32.1.